The maximum Gasteiger partial charge on any atom is 0.0367 e. The second kappa shape index (κ2) is 3.79. The van der Waals surface area contributed by atoms with Crippen molar-refractivity contribution >= 4 is 6.29 Å². The van der Waals surface area contributed by atoms with Gasteiger partial charge >= 0.3 is 0 Å². The van der Waals surface area contributed by atoms with E-state index in [-0.39, 0.29) is 21.1 Å². The Labute approximate surface area is 69.1 Å². The first kappa shape index (κ1) is 8.84. The monoisotopic (exact) mass is 302 g/mol. The summed E-state index contributed by atoms with van der Waals surface area (Å²) < 4.78 is 0. The van der Waals surface area contributed by atoms with E-state index in [0.29, 0.717) is 0 Å². The molecule has 1 rings (SSSR count). The molecule has 0 aromatic carbocycles. The van der Waals surface area contributed by atoms with Crippen molar-refractivity contribution in [2.45, 2.75) is 13.3 Å². The summed E-state index contributed by atoms with van der Waals surface area (Å²) in [6, 6.07) is 0. The van der Waals surface area contributed by atoms with Crippen molar-refractivity contribution in [2.24, 2.45) is 0 Å². The second-order valence-corrected chi connectivity index (χ2v) is 1.80. The molecule has 1 nitrogen and oxygen atoms in total. The molecule has 0 bridgehead atoms. The quantitative estimate of drug-likeness (QED) is 0.526. The molecule has 0 heterocycles. The Bertz CT molecular complexity index is 168. The first-order chi connectivity index (χ1) is 3.84. The van der Waals surface area contributed by atoms with Crippen LogP contribution in [-0.4, -0.2) is 6.29 Å². The number of rotatable bonds is 1. The predicted molar refractivity (Wildman–Crippen MR) is 31.2 cm³/mol. The maximum atomic E-state index is 10.1. The van der Waals surface area contributed by atoms with E-state index in [4.69, 9.17) is 0 Å². The Morgan fingerprint density at radius 1 is 1.78 bits per heavy atom. The number of aldehydes is 1. The number of hydrogen-bond donors (Lipinski definition) is 0. The molecule has 0 aromatic rings. The van der Waals surface area contributed by atoms with Gasteiger partial charge in [-0.25, -0.2) is 0 Å². The van der Waals surface area contributed by atoms with Crippen LogP contribution in [-0.2, 0) is 25.9 Å². The molecule has 0 radical (unpaired) electrons. The van der Waals surface area contributed by atoms with Gasteiger partial charge in [0.2, 0.25) is 0 Å². The minimum Gasteiger partial charge on any atom is -0.374 e. The normalized spacial score (nSPS) is 15.7. The Hall–Kier alpha value is -0.162. The zero-order valence-corrected chi connectivity index (χ0v) is 7.36. The minimum absolute atomic E-state index is 0. The van der Waals surface area contributed by atoms with Crippen LogP contribution >= 0.6 is 0 Å². The van der Waals surface area contributed by atoms with E-state index in [2.05, 4.69) is 6.08 Å². The Morgan fingerprint density at radius 2 is 2.44 bits per heavy atom. The smallest absolute Gasteiger partial charge is 0.0367 e. The maximum absolute atomic E-state index is 10.1. The van der Waals surface area contributed by atoms with Gasteiger partial charge in [0.25, 0.3) is 0 Å². The molecule has 52 valence electrons. The molecule has 9 heavy (non-hydrogen) atoms. The van der Waals surface area contributed by atoms with Gasteiger partial charge in [-0.2, -0.15) is 17.2 Å². The third-order valence-corrected chi connectivity index (χ3v) is 1.24. The first-order valence-electron chi connectivity index (χ1n) is 2.57. The van der Waals surface area contributed by atoms with Gasteiger partial charge < -0.3 is 4.79 Å². The molecule has 0 spiro atoms. The van der Waals surface area contributed by atoms with Gasteiger partial charge in [0.05, 0.1) is 0 Å². The van der Waals surface area contributed by atoms with Gasteiger partial charge in [-0.15, -0.1) is 6.08 Å². The van der Waals surface area contributed by atoms with E-state index in [1.165, 1.54) is 0 Å². The van der Waals surface area contributed by atoms with Crippen LogP contribution in [0, 0.1) is 6.08 Å². The molecule has 0 atom stereocenters. The van der Waals surface area contributed by atoms with Gasteiger partial charge in [-0.05, 0) is 0 Å². The summed E-state index contributed by atoms with van der Waals surface area (Å²) in [6.45, 7) is 1.92. The molecule has 0 unspecified atom stereocenters. The molecule has 0 aliphatic heterocycles. The Balaban J connectivity index is 0.000000640. The summed E-state index contributed by atoms with van der Waals surface area (Å²) in [6.07, 6.45) is 6.55. The van der Waals surface area contributed by atoms with Crippen molar-refractivity contribution in [3.05, 3.63) is 23.3 Å². The fraction of sp³-hybridized carbons (Fsp3) is 0.286. The molecule has 0 fully saturated rings. The standard InChI is InChI=1S/C7H7O.Pt/c1-6-3-2-4-7(6)5-8;/h3,5H,2H2,1H3;/q-1;. The van der Waals surface area contributed by atoms with Crippen LogP contribution in [0.25, 0.3) is 0 Å². The van der Waals surface area contributed by atoms with Crippen molar-refractivity contribution in [1.29, 1.82) is 0 Å². The molecular weight excluding hydrogens is 295 g/mol. The van der Waals surface area contributed by atoms with Crippen LogP contribution in [0.3, 0.4) is 0 Å². The third kappa shape index (κ3) is 1.91. The summed E-state index contributed by atoms with van der Waals surface area (Å²) >= 11 is 0. The van der Waals surface area contributed by atoms with Crippen LogP contribution in [0.15, 0.2) is 17.2 Å². The zero-order valence-electron chi connectivity index (χ0n) is 5.09. The minimum atomic E-state index is 0. The topological polar surface area (TPSA) is 17.1 Å². The van der Waals surface area contributed by atoms with Gasteiger partial charge in [-0.3, -0.25) is 0 Å². The fourth-order valence-electron chi connectivity index (χ4n) is 0.698. The zero-order chi connectivity index (χ0) is 5.98. The molecule has 2 heteroatoms. The van der Waals surface area contributed by atoms with Gasteiger partial charge in [0.1, 0.15) is 0 Å². The second-order valence-electron chi connectivity index (χ2n) is 1.80. The summed E-state index contributed by atoms with van der Waals surface area (Å²) in [4.78, 5) is 10.1. The van der Waals surface area contributed by atoms with E-state index in [0.717, 1.165) is 23.9 Å². The van der Waals surface area contributed by atoms with Crippen LogP contribution in [0.2, 0.25) is 0 Å². The van der Waals surface area contributed by atoms with Crippen molar-refractivity contribution in [1.82, 2.24) is 0 Å². The molecular formula is C7H7OPt-. The van der Waals surface area contributed by atoms with Crippen molar-refractivity contribution in [2.75, 3.05) is 0 Å². The number of carbonyl (C=O) groups excluding carboxylic acids is 1. The van der Waals surface area contributed by atoms with Crippen LogP contribution in [0.4, 0.5) is 0 Å². The number of carbonyl (C=O) groups is 1. The Morgan fingerprint density at radius 3 is 2.67 bits per heavy atom. The van der Waals surface area contributed by atoms with Crippen LogP contribution < -0.4 is 0 Å². The van der Waals surface area contributed by atoms with Gasteiger partial charge in [0.15, 0.2) is 0 Å². The van der Waals surface area contributed by atoms with E-state index < -0.39 is 0 Å². The summed E-state index contributed by atoms with van der Waals surface area (Å²) in [5.74, 6) is 0. The average Bonchev–Trinajstić information content (AvgIpc) is 2.14. The van der Waals surface area contributed by atoms with E-state index >= 15 is 0 Å². The van der Waals surface area contributed by atoms with E-state index in [1.807, 2.05) is 13.0 Å². The molecule has 1 aliphatic carbocycles. The first-order valence-corrected chi connectivity index (χ1v) is 2.57. The van der Waals surface area contributed by atoms with Gasteiger partial charge in [0, 0.05) is 27.4 Å². The summed E-state index contributed by atoms with van der Waals surface area (Å²) in [5, 5.41) is 0. The number of hydrogen-bond acceptors (Lipinski definition) is 1. The summed E-state index contributed by atoms with van der Waals surface area (Å²) in [5.41, 5.74) is 1.78. The number of allylic oxidation sites excluding steroid dienone is 4. The van der Waals surface area contributed by atoms with Crippen LogP contribution in [0.1, 0.15) is 13.3 Å². The average molecular weight is 302 g/mol. The van der Waals surface area contributed by atoms with Crippen molar-refractivity contribution in [3.8, 4) is 0 Å². The molecule has 0 saturated carbocycles. The van der Waals surface area contributed by atoms with Crippen molar-refractivity contribution in [3.63, 3.8) is 0 Å². The Kier molecular flexibility index (Phi) is 3.72. The van der Waals surface area contributed by atoms with Gasteiger partial charge in [-0.1, -0.05) is 13.3 Å². The van der Waals surface area contributed by atoms with Crippen molar-refractivity contribution < 1.29 is 25.9 Å². The SMILES string of the molecule is CC1=CC[C-]=C1C=O.[Pt]. The molecule has 0 amide bonds. The molecule has 1 aliphatic rings. The van der Waals surface area contributed by atoms with E-state index in [1.54, 1.807) is 0 Å². The predicted octanol–water partition coefficient (Wildman–Crippen LogP) is 1.26. The largest absolute Gasteiger partial charge is 0.374 e. The molecule has 0 N–H and O–H groups in total. The molecule has 0 saturated heterocycles. The van der Waals surface area contributed by atoms with Crippen LogP contribution in [0.5, 0.6) is 0 Å². The fourth-order valence-corrected chi connectivity index (χ4v) is 0.698. The third-order valence-electron chi connectivity index (χ3n) is 1.24. The van der Waals surface area contributed by atoms with E-state index in [9.17, 15) is 4.79 Å². The molecule has 0 aromatic heterocycles. The summed E-state index contributed by atoms with van der Waals surface area (Å²) in [7, 11) is 0.